The number of unbranched alkanes of at least 4 members (excludes halogenated alkanes) is 1. The number of ether oxygens (including phenoxy) is 1. The molecule has 124 valence electrons. The normalized spacial score (nSPS) is 14.7. The molecule has 2 rings (SSSR count). The van der Waals surface area contributed by atoms with E-state index in [2.05, 4.69) is 0 Å². The summed E-state index contributed by atoms with van der Waals surface area (Å²) >= 11 is 0. The van der Waals surface area contributed by atoms with Crippen LogP contribution in [0.5, 0.6) is 0 Å². The van der Waals surface area contributed by atoms with Crippen LogP contribution in [0.4, 0.5) is 4.79 Å². The molecule has 1 heterocycles. The van der Waals surface area contributed by atoms with Crippen molar-refractivity contribution in [2.45, 2.75) is 45.6 Å². The summed E-state index contributed by atoms with van der Waals surface area (Å²) in [6.07, 6.45) is 1.97. The van der Waals surface area contributed by atoms with E-state index in [4.69, 9.17) is 4.74 Å². The lowest BCUT2D eigenvalue weighted by molar-refractivity contribution is -0.165. The van der Waals surface area contributed by atoms with Crippen LogP contribution in [0.1, 0.15) is 44.6 Å². The molecular weight excluding hydrogens is 296 g/mol. The standard InChI is InChI=1S/C17H22N2O4/c1-2-3-12-18(19-15(20)10-7-11-16(19)21)17(22)23-13-14-8-5-4-6-9-14/h4-6,8-9H,2-3,7,10-13H2,1H3. The van der Waals surface area contributed by atoms with E-state index in [0.29, 0.717) is 19.4 Å². The first-order valence-corrected chi connectivity index (χ1v) is 7.97. The van der Waals surface area contributed by atoms with E-state index in [-0.39, 0.29) is 31.3 Å². The van der Waals surface area contributed by atoms with Crippen LogP contribution in [-0.2, 0) is 20.9 Å². The Morgan fingerprint density at radius 1 is 1.17 bits per heavy atom. The third-order valence-electron chi connectivity index (χ3n) is 3.63. The Hall–Kier alpha value is -2.37. The average Bonchev–Trinajstić information content (AvgIpc) is 2.56. The van der Waals surface area contributed by atoms with Crippen molar-refractivity contribution in [2.24, 2.45) is 0 Å². The number of piperidine rings is 1. The number of hydrazine groups is 1. The minimum atomic E-state index is -0.661. The van der Waals surface area contributed by atoms with E-state index < -0.39 is 6.09 Å². The Bertz CT molecular complexity index is 543. The monoisotopic (exact) mass is 318 g/mol. The topological polar surface area (TPSA) is 66.9 Å². The van der Waals surface area contributed by atoms with Gasteiger partial charge in [0.25, 0.3) is 0 Å². The van der Waals surface area contributed by atoms with Crippen LogP contribution in [0.25, 0.3) is 0 Å². The van der Waals surface area contributed by atoms with E-state index in [0.717, 1.165) is 22.0 Å². The quantitative estimate of drug-likeness (QED) is 0.756. The fourth-order valence-corrected chi connectivity index (χ4v) is 2.39. The smallest absolute Gasteiger partial charge is 0.429 e. The van der Waals surface area contributed by atoms with E-state index >= 15 is 0 Å². The van der Waals surface area contributed by atoms with Crippen LogP contribution in [-0.4, -0.2) is 34.5 Å². The average molecular weight is 318 g/mol. The molecule has 0 aliphatic carbocycles. The maximum atomic E-state index is 12.4. The molecule has 0 radical (unpaired) electrons. The van der Waals surface area contributed by atoms with Gasteiger partial charge in [0.15, 0.2) is 0 Å². The van der Waals surface area contributed by atoms with Gasteiger partial charge in [0.1, 0.15) is 6.61 Å². The van der Waals surface area contributed by atoms with Crippen molar-refractivity contribution in [3.63, 3.8) is 0 Å². The summed E-state index contributed by atoms with van der Waals surface area (Å²) in [6, 6.07) is 9.29. The number of hydrogen-bond acceptors (Lipinski definition) is 4. The summed E-state index contributed by atoms with van der Waals surface area (Å²) in [4.78, 5) is 36.5. The van der Waals surface area contributed by atoms with Crippen LogP contribution >= 0.6 is 0 Å². The Balaban J connectivity index is 2.05. The molecule has 1 aliphatic heterocycles. The van der Waals surface area contributed by atoms with Gasteiger partial charge in [0.05, 0.1) is 0 Å². The van der Waals surface area contributed by atoms with E-state index in [1.54, 1.807) is 0 Å². The summed E-state index contributed by atoms with van der Waals surface area (Å²) in [7, 11) is 0. The molecule has 23 heavy (non-hydrogen) atoms. The van der Waals surface area contributed by atoms with Crippen molar-refractivity contribution in [2.75, 3.05) is 6.54 Å². The molecule has 0 N–H and O–H groups in total. The first kappa shape index (κ1) is 17.0. The molecule has 1 fully saturated rings. The summed E-state index contributed by atoms with van der Waals surface area (Å²) in [5.41, 5.74) is 0.854. The SMILES string of the molecule is CCCCN(C(=O)OCc1ccccc1)N1C(=O)CCCC1=O. The van der Waals surface area contributed by atoms with E-state index in [9.17, 15) is 14.4 Å². The molecule has 3 amide bonds. The van der Waals surface area contributed by atoms with Gasteiger partial charge in [-0.3, -0.25) is 9.59 Å². The van der Waals surface area contributed by atoms with Gasteiger partial charge < -0.3 is 4.74 Å². The number of benzene rings is 1. The van der Waals surface area contributed by atoms with E-state index in [1.165, 1.54) is 0 Å². The molecule has 1 aromatic rings. The van der Waals surface area contributed by atoms with Gasteiger partial charge in [-0.25, -0.2) is 9.80 Å². The Morgan fingerprint density at radius 2 is 1.83 bits per heavy atom. The van der Waals surface area contributed by atoms with Crippen LogP contribution in [0.2, 0.25) is 0 Å². The maximum absolute atomic E-state index is 12.4. The number of amides is 3. The molecule has 0 bridgehead atoms. The number of nitrogens with zero attached hydrogens (tertiary/aromatic N) is 2. The van der Waals surface area contributed by atoms with Gasteiger partial charge in [-0.15, -0.1) is 0 Å². The Kier molecular flexibility index (Phi) is 6.14. The molecule has 6 heteroatoms. The number of hydrogen-bond donors (Lipinski definition) is 0. The van der Waals surface area contributed by atoms with Crippen LogP contribution in [0, 0.1) is 0 Å². The Labute approximate surface area is 136 Å². The zero-order chi connectivity index (χ0) is 16.7. The highest BCUT2D eigenvalue weighted by Crippen LogP contribution is 2.17. The summed E-state index contributed by atoms with van der Waals surface area (Å²) in [5, 5.41) is 2.11. The molecule has 0 unspecified atom stereocenters. The van der Waals surface area contributed by atoms with Gasteiger partial charge in [0.2, 0.25) is 11.8 Å². The minimum absolute atomic E-state index is 0.110. The number of rotatable bonds is 6. The molecule has 6 nitrogen and oxygen atoms in total. The van der Waals surface area contributed by atoms with Crippen LogP contribution in [0.15, 0.2) is 30.3 Å². The molecule has 1 aromatic carbocycles. The zero-order valence-corrected chi connectivity index (χ0v) is 13.4. The third-order valence-corrected chi connectivity index (χ3v) is 3.63. The first-order chi connectivity index (χ1) is 11.1. The lowest BCUT2D eigenvalue weighted by atomic mass is 10.1. The second-order valence-corrected chi connectivity index (χ2v) is 5.47. The number of carbonyl (C=O) groups is 3. The third kappa shape index (κ3) is 4.55. The molecule has 1 saturated heterocycles. The van der Waals surface area contributed by atoms with Gasteiger partial charge in [-0.1, -0.05) is 43.7 Å². The van der Waals surface area contributed by atoms with Crippen molar-refractivity contribution >= 4 is 17.9 Å². The summed E-state index contributed by atoms with van der Waals surface area (Å²) in [5.74, 6) is -0.678. The van der Waals surface area contributed by atoms with Gasteiger partial charge in [0, 0.05) is 19.4 Å². The highest BCUT2D eigenvalue weighted by Gasteiger charge is 2.34. The van der Waals surface area contributed by atoms with Crippen molar-refractivity contribution < 1.29 is 19.1 Å². The first-order valence-electron chi connectivity index (χ1n) is 7.97. The Morgan fingerprint density at radius 3 is 2.43 bits per heavy atom. The van der Waals surface area contributed by atoms with Gasteiger partial charge >= 0.3 is 6.09 Å². The molecule has 1 aliphatic rings. The summed E-state index contributed by atoms with van der Waals surface area (Å²) < 4.78 is 5.28. The molecule has 0 aromatic heterocycles. The predicted octanol–water partition coefficient (Wildman–Crippen LogP) is 2.88. The molecule has 0 saturated carbocycles. The maximum Gasteiger partial charge on any atom is 0.429 e. The second-order valence-electron chi connectivity index (χ2n) is 5.47. The lowest BCUT2D eigenvalue weighted by Gasteiger charge is -2.34. The second kappa shape index (κ2) is 8.31. The number of imide groups is 1. The molecule has 0 spiro atoms. The van der Waals surface area contributed by atoms with Crippen molar-refractivity contribution in [1.82, 2.24) is 10.0 Å². The van der Waals surface area contributed by atoms with Crippen LogP contribution < -0.4 is 0 Å². The van der Waals surface area contributed by atoms with Crippen molar-refractivity contribution in [3.05, 3.63) is 35.9 Å². The fourth-order valence-electron chi connectivity index (χ4n) is 2.39. The predicted molar refractivity (Wildman–Crippen MR) is 83.9 cm³/mol. The molecular formula is C17H22N2O4. The van der Waals surface area contributed by atoms with Crippen molar-refractivity contribution in [1.29, 1.82) is 0 Å². The zero-order valence-electron chi connectivity index (χ0n) is 13.4. The lowest BCUT2D eigenvalue weighted by Crippen LogP contribution is -2.54. The molecule has 0 atom stereocenters. The van der Waals surface area contributed by atoms with Gasteiger partial charge in [-0.05, 0) is 18.4 Å². The highest BCUT2D eigenvalue weighted by atomic mass is 16.6. The fraction of sp³-hybridized carbons (Fsp3) is 0.471. The van der Waals surface area contributed by atoms with E-state index in [1.807, 2.05) is 37.3 Å². The van der Waals surface area contributed by atoms with Crippen LogP contribution in [0.3, 0.4) is 0 Å². The largest absolute Gasteiger partial charge is 0.443 e. The van der Waals surface area contributed by atoms with Crippen molar-refractivity contribution in [3.8, 4) is 0 Å². The van der Waals surface area contributed by atoms with Gasteiger partial charge in [-0.2, -0.15) is 5.01 Å². The minimum Gasteiger partial charge on any atom is -0.443 e. The number of carbonyl (C=O) groups excluding carboxylic acids is 3. The highest BCUT2D eigenvalue weighted by molar-refractivity contribution is 5.98. The summed E-state index contributed by atoms with van der Waals surface area (Å²) in [6.45, 7) is 2.38.